The van der Waals surface area contributed by atoms with Crippen LogP contribution in [0.15, 0.2) is 34.8 Å². The summed E-state index contributed by atoms with van der Waals surface area (Å²) in [5, 5.41) is 10.0. The second kappa shape index (κ2) is 6.29. The smallest absolute Gasteiger partial charge is 0.257 e. The van der Waals surface area contributed by atoms with Gasteiger partial charge in [-0.3, -0.25) is 15.2 Å². The first kappa shape index (κ1) is 14.7. The number of hydrogen-bond donors (Lipinski definition) is 2. The maximum absolute atomic E-state index is 12.3. The highest BCUT2D eigenvalue weighted by Crippen LogP contribution is 2.30. The number of carbonyl (C=O) groups excluding carboxylic acids is 1. The van der Waals surface area contributed by atoms with E-state index in [0.29, 0.717) is 16.5 Å². The summed E-state index contributed by atoms with van der Waals surface area (Å²) in [6.07, 6.45) is 3.43. The van der Waals surface area contributed by atoms with Gasteiger partial charge in [-0.15, -0.1) is 11.8 Å². The van der Waals surface area contributed by atoms with E-state index in [0.717, 1.165) is 15.5 Å². The van der Waals surface area contributed by atoms with E-state index in [1.54, 1.807) is 23.9 Å². The zero-order valence-corrected chi connectivity index (χ0v) is 13.6. The lowest BCUT2D eigenvalue weighted by Crippen LogP contribution is -2.11. The third kappa shape index (κ3) is 3.02. The molecule has 0 saturated carbocycles. The lowest BCUT2D eigenvalue weighted by atomic mass is 10.1. The minimum absolute atomic E-state index is 0.192. The number of aromatic nitrogens is 4. The molecule has 6 nitrogen and oxygen atoms in total. The van der Waals surface area contributed by atoms with E-state index in [1.165, 1.54) is 17.7 Å². The van der Waals surface area contributed by atoms with Crippen LogP contribution in [0.25, 0.3) is 11.4 Å². The van der Waals surface area contributed by atoms with Crippen LogP contribution < -0.4 is 5.32 Å². The Morgan fingerprint density at radius 1 is 1.41 bits per heavy atom. The molecule has 2 heterocycles. The van der Waals surface area contributed by atoms with Crippen molar-refractivity contribution in [2.24, 2.45) is 0 Å². The van der Waals surface area contributed by atoms with Crippen LogP contribution in [0.5, 0.6) is 0 Å². The molecule has 0 radical (unpaired) electrons. The molecule has 8 heteroatoms. The number of nitrogens with zero attached hydrogens (tertiary/aromatic N) is 3. The number of nitrogens with one attached hydrogen (secondary N) is 2. The van der Waals surface area contributed by atoms with E-state index in [-0.39, 0.29) is 5.91 Å². The standard InChI is InChI=1S/C14H13N5OS2/c1-8-13(21-2)22-14(17-8)18-12(20)10-5-3-4-9(6-10)11-15-7-16-19-11/h3-7H,1-2H3,(H,15,16,19)(H,17,18,20). The van der Waals surface area contributed by atoms with Crippen LogP contribution in [0.1, 0.15) is 16.1 Å². The number of carbonyl (C=O) groups is 1. The molecule has 2 aromatic heterocycles. The number of amides is 1. The van der Waals surface area contributed by atoms with Gasteiger partial charge in [0.25, 0.3) is 5.91 Å². The number of anilines is 1. The second-order valence-electron chi connectivity index (χ2n) is 4.47. The van der Waals surface area contributed by atoms with E-state index in [4.69, 9.17) is 0 Å². The zero-order chi connectivity index (χ0) is 15.5. The Morgan fingerprint density at radius 3 is 2.95 bits per heavy atom. The number of thiazole rings is 1. The number of benzene rings is 1. The summed E-state index contributed by atoms with van der Waals surface area (Å²) in [6.45, 7) is 1.93. The van der Waals surface area contributed by atoms with Crippen molar-refractivity contribution in [3.63, 3.8) is 0 Å². The summed E-state index contributed by atoms with van der Waals surface area (Å²) >= 11 is 3.10. The van der Waals surface area contributed by atoms with Gasteiger partial charge in [0.1, 0.15) is 6.33 Å². The highest BCUT2D eigenvalue weighted by molar-refractivity contribution is 8.00. The maximum atomic E-state index is 12.3. The predicted octanol–water partition coefficient (Wildman–Crippen LogP) is 3.21. The van der Waals surface area contributed by atoms with Crippen molar-refractivity contribution in [3.8, 4) is 11.4 Å². The van der Waals surface area contributed by atoms with Crippen LogP contribution in [0.2, 0.25) is 0 Å². The number of aryl methyl sites for hydroxylation is 1. The van der Waals surface area contributed by atoms with E-state index < -0.39 is 0 Å². The third-order valence-corrected chi connectivity index (χ3v) is 5.26. The SMILES string of the molecule is CSc1sc(NC(=O)c2cccc(-c3ncn[nH]3)c2)nc1C. The van der Waals surface area contributed by atoms with Crippen molar-refractivity contribution < 1.29 is 4.79 Å². The molecule has 3 rings (SSSR count). The molecule has 0 atom stereocenters. The molecule has 0 aliphatic rings. The van der Waals surface area contributed by atoms with E-state index in [2.05, 4.69) is 25.5 Å². The number of aromatic amines is 1. The van der Waals surface area contributed by atoms with E-state index in [9.17, 15) is 4.79 Å². The first-order valence-corrected chi connectivity index (χ1v) is 8.50. The van der Waals surface area contributed by atoms with Crippen LogP contribution in [-0.4, -0.2) is 32.3 Å². The molecule has 0 fully saturated rings. The molecular weight excluding hydrogens is 318 g/mol. The lowest BCUT2D eigenvalue weighted by Gasteiger charge is -2.03. The van der Waals surface area contributed by atoms with Gasteiger partial charge in [-0.25, -0.2) is 9.97 Å². The fourth-order valence-corrected chi connectivity index (χ4v) is 3.55. The van der Waals surface area contributed by atoms with E-state index in [1.807, 2.05) is 25.3 Å². The Morgan fingerprint density at radius 2 is 2.27 bits per heavy atom. The Kier molecular flexibility index (Phi) is 4.21. The van der Waals surface area contributed by atoms with Crippen molar-refractivity contribution in [2.75, 3.05) is 11.6 Å². The van der Waals surface area contributed by atoms with Gasteiger partial charge < -0.3 is 0 Å². The average molecular weight is 331 g/mol. The van der Waals surface area contributed by atoms with Gasteiger partial charge in [0, 0.05) is 11.1 Å². The van der Waals surface area contributed by atoms with Crippen molar-refractivity contribution >= 4 is 34.1 Å². The van der Waals surface area contributed by atoms with Crippen molar-refractivity contribution in [1.82, 2.24) is 20.2 Å². The van der Waals surface area contributed by atoms with Crippen LogP contribution >= 0.6 is 23.1 Å². The molecule has 0 unspecified atom stereocenters. The second-order valence-corrected chi connectivity index (χ2v) is 6.54. The molecular formula is C14H13N5OS2. The third-order valence-electron chi connectivity index (χ3n) is 2.97. The Labute approximate surface area is 135 Å². The van der Waals surface area contributed by atoms with Gasteiger partial charge in [0.15, 0.2) is 11.0 Å². The monoisotopic (exact) mass is 331 g/mol. The summed E-state index contributed by atoms with van der Waals surface area (Å²) in [6, 6.07) is 7.21. The number of thioether (sulfide) groups is 1. The summed E-state index contributed by atoms with van der Waals surface area (Å²) in [7, 11) is 0. The normalized spacial score (nSPS) is 10.6. The Balaban J connectivity index is 1.81. The number of hydrogen-bond acceptors (Lipinski definition) is 6. The predicted molar refractivity (Wildman–Crippen MR) is 88.4 cm³/mol. The molecule has 22 heavy (non-hydrogen) atoms. The van der Waals surface area contributed by atoms with Gasteiger partial charge >= 0.3 is 0 Å². The van der Waals surface area contributed by atoms with Crippen LogP contribution in [0.3, 0.4) is 0 Å². The van der Waals surface area contributed by atoms with E-state index >= 15 is 0 Å². The minimum Gasteiger partial charge on any atom is -0.298 e. The zero-order valence-electron chi connectivity index (χ0n) is 12.0. The summed E-state index contributed by atoms with van der Waals surface area (Å²) in [4.78, 5) is 20.8. The van der Waals surface area contributed by atoms with Crippen molar-refractivity contribution in [3.05, 3.63) is 41.9 Å². The molecule has 0 bridgehead atoms. The van der Waals surface area contributed by atoms with Crippen molar-refractivity contribution in [1.29, 1.82) is 0 Å². The molecule has 1 amide bonds. The first-order valence-electron chi connectivity index (χ1n) is 6.46. The topological polar surface area (TPSA) is 83.6 Å². The van der Waals surface area contributed by atoms with Gasteiger partial charge in [-0.05, 0) is 25.3 Å². The van der Waals surface area contributed by atoms with Crippen LogP contribution in [0.4, 0.5) is 5.13 Å². The molecule has 0 aliphatic carbocycles. The first-order chi connectivity index (χ1) is 10.7. The molecule has 112 valence electrons. The van der Waals surface area contributed by atoms with Crippen LogP contribution in [-0.2, 0) is 0 Å². The van der Waals surface area contributed by atoms with Gasteiger partial charge in [0.2, 0.25) is 0 Å². The number of rotatable bonds is 4. The lowest BCUT2D eigenvalue weighted by molar-refractivity contribution is 0.102. The average Bonchev–Trinajstić information content (AvgIpc) is 3.17. The van der Waals surface area contributed by atoms with Gasteiger partial charge in [-0.2, -0.15) is 5.10 Å². The highest BCUT2D eigenvalue weighted by atomic mass is 32.2. The van der Waals surface area contributed by atoms with Gasteiger partial charge in [0.05, 0.1) is 9.90 Å². The molecule has 0 saturated heterocycles. The molecule has 0 aliphatic heterocycles. The molecule has 3 aromatic rings. The maximum Gasteiger partial charge on any atom is 0.257 e. The minimum atomic E-state index is -0.192. The molecule has 0 spiro atoms. The fourth-order valence-electron chi connectivity index (χ4n) is 1.95. The summed E-state index contributed by atoms with van der Waals surface area (Å²) in [5.41, 5.74) is 2.29. The largest absolute Gasteiger partial charge is 0.298 e. The molecule has 1 aromatic carbocycles. The summed E-state index contributed by atoms with van der Waals surface area (Å²) in [5.74, 6) is 0.437. The Bertz CT molecular complexity index is 797. The molecule has 2 N–H and O–H groups in total. The highest BCUT2D eigenvalue weighted by Gasteiger charge is 2.12. The summed E-state index contributed by atoms with van der Waals surface area (Å²) < 4.78 is 1.10. The number of H-pyrrole nitrogens is 1. The van der Waals surface area contributed by atoms with Crippen LogP contribution in [0, 0.1) is 6.92 Å². The Hall–Kier alpha value is -2.19. The van der Waals surface area contributed by atoms with Crippen molar-refractivity contribution in [2.45, 2.75) is 11.1 Å². The van der Waals surface area contributed by atoms with Gasteiger partial charge in [-0.1, -0.05) is 23.5 Å². The fraction of sp³-hybridized carbons (Fsp3) is 0.143. The quantitative estimate of drug-likeness (QED) is 0.717.